The zero-order valence-electron chi connectivity index (χ0n) is 9.88. The molecule has 16 heavy (non-hydrogen) atoms. The molecule has 4 heteroatoms. The quantitative estimate of drug-likeness (QED) is 0.787. The minimum absolute atomic E-state index is 0.972. The van der Waals surface area contributed by atoms with Gasteiger partial charge in [0.15, 0.2) is 0 Å². The van der Waals surface area contributed by atoms with Crippen LogP contribution in [0.4, 0.5) is 5.69 Å². The van der Waals surface area contributed by atoms with Gasteiger partial charge >= 0.3 is 0 Å². The van der Waals surface area contributed by atoms with Gasteiger partial charge in [-0.05, 0) is 26.0 Å². The Kier molecular flexibility index (Phi) is 2.90. The van der Waals surface area contributed by atoms with E-state index in [-0.39, 0.29) is 0 Å². The van der Waals surface area contributed by atoms with Gasteiger partial charge in [-0.2, -0.15) is 5.10 Å². The van der Waals surface area contributed by atoms with E-state index >= 15 is 0 Å². The number of aryl methyl sites for hydroxylation is 1. The number of pyridine rings is 1. The Balaban J connectivity index is 2.38. The van der Waals surface area contributed by atoms with Gasteiger partial charge in [0.1, 0.15) is 0 Å². The summed E-state index contributed by atoms with van der Waals surface area (Å²) in [4.78, 5) is 6.27. The lowest BCUT2D eigenvalue weighted by atomic mass is 10.3. The van der Waals surface area contributed by atoms with E-state index in [1.165, 1.54) is 0 Å². The van der Waals surface area contributed by atoms with Crippen molar-refractivity contribution in [3.63, 3.8) is 0 Å². The van der Waals surface area contributed by atoms with Crippen molar-refractivity contribution in [2.75, 3.05) is 18.5 Å². The average molecular weight is 216 g/mol. The van der Waals surface area contributed by atoms with Crippen LogP contribution in [0.5, 0.6) is 0 Å². The van der Waals surface area contributed by atoms with E-state index in [1.807, 2.05) is 36.1 Å². The first-order valence-corrected chi connectivity index (χ1v) is 5.40. The molecular formula is C12H16N4. The van der Waals surface area contributed by atoms with Crippen LogP contribution in [0.2, 0.25) is 0 Å². The van der Waals surface area contributed by atoms with E-state index in [0.29, 0.717) is 0 Å². The standard InChI is InChI=1S/C12H16N4/c1-4-15(3)12-9-16(14-10(12)2)11-6-5-7-13-8-11/h5-9H,4H2,1-3H3. The van der Waals surface area contributed by atoms with Crippen molar-refractivity contribution >= 4 is 5.69 Å². The Morgan fingerprint density at radius 1 is 1.44 bits per heavy atom. The predicted molar refractivity (Wildman–Crippen MR) is 65.0 cm³/mol. The molecule has 0 saturated carbocycles. The lowest BCUT2D eigenvalue weighted by molar-refractivity contribution is 0.857. The third-order valence-electron chi connectivity index (χ3n) is 2.67. The number of anilines is 1. The summed E-state index contributed by atoms with van der Waals surface area (Å²) in [5.74, 6) is 0. The van der Waals surface area contributed by atoms with Gasteiger partial charge in [0.25, 0.3) is 0 Å². The second-order valence-corrected chi connectivity index (χ2v) is 3.77. The van der Waals surface area contributed by atoms with E-state index in [0.717, 1.165) is 23.6 Å². The van der Waals surface area contributed by atoms with Gasteiger partial charge in [-0.3, -0.25) is 4.98 Å². The lowest BCUT2D eigenvalue weighted by Gasteiger charge is -2.14. The van der Waals surface area contributed by atoms with Gasteiger partial charge in [0.05, 0.1) is 29.5 Å². The fourth-order valence-corrected chi connectivity index (χ4v) is 1.62. The Bertz CT molecular complexity index is 461. The maximum Gasteiger partial charge on any atom is 0.0831 e. The van der Waals surface area contributed by atoms with Gasteiger partial charge < -0.3 is 4.90 Å². The van der Waals surface area contributed by atoms with Crippen molar-refractivity contribution in [3.8, 4) is 5.69 Å². The van der Waals surface area contributed by atoms with Crippen LogP contribution in [-0.4, -0.2) is 28.4 Å². The van der Waals surface area contributed by atoms with Crippen molar-refractivity contribution in [2.24, 2.45) is 0 Å². The smallest absolute Gasteiger partial charge is 0.0831 e. The first-order chi connectivity index (χ1) is 7.72. The lowest BCUT2D eigenvalue weighted by Crippen LogP contribution is -2.15. The van der Waals surface area contributed by atoms with Crippen LogP contribution in [0.15, 0.2) is 30.7 Å². The van der Waals surface area contributed by atoms with Crippen LogP contribution in [-0.2, 0) is 0 Å². The number of nitrogens with zero attached hydrogens (tertiary/aromatic N) is 4. The van der Waals surface area contributed by atoms with E-state index in [4.69, 9.17) is 0 Å². The average Bonchev–Trinajstić information content (AvgIpc) is 2.71. The molecule has 0 amide bonds. The molecule has 0 fully saturated rings. The molecule has 0 aliphatic heterocycles. The fourth-order valence-electron chi connectivity index (χ4n) is 1.62. The summed E-state index contributed by atoms with van der Waals surface area (Å²) in [6.45, 7) is 5.12. The zero-order chi connectivity index (χ0) is 11.5. The molecule has 0 aliphatic rings. The Morgan fingerprint density at radius 2 is 2.25 bits per heavy atom. The molecule has 2 aromatic rings. The number of aromatic nitrogens is 3. The van der Waals surface area contributed by atoms with Crippen LogP contribution < -0.4 is 4.90 Å². The Morgan fingerprint density at radius 3 is 2.88 bits per heavy atom. The topological polar surface area (TPSA) is 34.0 Å². The monoisotopic (exact) mass is 216 g/mol. The summed E-state index contributed by atoms with van der Waals surface area (Å²) in [5, 5.41) is 4.48. The van der Waals surface area contributed by atoms with Gasteiger partial charge in [0, 0.05) is 19.8 Å². The van der Waals surface area contributed by atoms with Crippen molar-refractivity contribution in [1.82, 2.24) is 14.8 Å². The number of hydrogen-bond donors (Lipinski definition) is 0. The van der Waals surface area contributed by atoms with Crippen LogP contribution in [0.1, 0.15) is 12.6 Å². The highest BCUT2D eigenvalue weighted by molar-refractivity contribution is 5.49. The first kappa shape index (κ1) is 10.7. The molecule has 0 radical (unpaired) electrons. The first-order valence-electron chi connectivity index (χ1n) is 5.40. The van der Waals surface area contributed by atoms with Gasteiger partial charge in [-0.1, -0.05) is 0 Å². The second kappa shape index (κ2) is 4.35. The molecule has 0 spiro atoms. The molecule has 0 saturated heterocycles. The van der Waals surface area contributed by atoms with Gasteiger partial charge in [-0.15, -0.1) is 0 Å². The highest BCUT2D eigenvalue weighted by Crippen LogP contribution is 2.18. The molecule has 0 N–H and O–H groups in total. The van der Waals surface area contributed by atoms with Crippen LogP contribution in [0.3, 0.4) is 0 Å². The van der Waals surface area contributed by atoms with E-state index < -0.39 is 0 Å². The van der Waals surface area contributed by atoms with Crippen LogP contribution in [0.25, 0.3) is 5.69 Å². The summed E-state index contributed by atoms with van der Waals surface area (Å²) in [5.41, 5.74) is 3.18. The van der Waals surface area contributed by atoms with E-state index in [9.17, 15) is 0 Å². The molecule has 2 aromatic heterocycles. The predicted octanol–water partition coefficient (Wildman–Crippen LogP) is 2.03. The maximum atomic E-state index is 4.48. The van der Waals surface area contributed by atoms with Gasteiger partial charge in [-0.25, -0.2) is 4.68 Å². The van der Waals surface area contributed by atoms with Crippen LogP contribution >= 0.6 is 0 Å². The molecule has 0 bridgehead atoms. The summed E-state index contributed by atoms with van der Waals surface area (Å²) in [6.07, 6.45) is 5.61. The SMILES string of the molecule is CCN(C)c1cn(-c2cccnc2)nc1C. The van der Waals surface area contributed by atoms with E-state index in [2.05, 4.69) is 29.0 Å². The highest BCUT2D eigenvalue weighted by Gasteiger charge is 2.08. The normalized spacial score (nSPS) is 10.4. The molecule has 0 atom stereocenters. The van der Waals surface area contributed by atoms with Crippen molar-refractivity contribution in [3.05, 3.63) is 36.4 Å². The number of hydrogen-bond acceptors (Lipinski definition) is 3. The number of rotatable bonds is 3. The molecule has 4 nitrogen and oxygen atoms in total. The highest BCUT2D eigenvalue weighted by atomic mass is 15.3. The van der Waals surface area contributed by atoms with Crippen molar-refractivity contribution < 1.29 is 0 Å². The Labute approximate surface area is 95.5 Å². The van der Waals surface area contributed by atoms with Crippen molar-refractivity contribution in [2.45, 2.75) is 13.8 Å². The third kappa shape index (κ3) is 1.91. The summed E-state index contributed by atoms with van der Waals surface area (Å²) >= 11 is 0. The second-order valence-electron chi connectivity index (χ2n) is 3.77. The molecule has 2 rings (SSSR count). The molecule has 0 aliphatic carbocycles. The van der Waals surface area contributed by atoms with Crippen LogP contribution in [0, 0.1) is 6.92 Å². The zero-order valence-corrected chi connectivity index (χ0v) is 9.88. The third-order valence-corrected chi connectivity index (χ3v) is 2.67. The summed E-state index contributed by atoms with van der Waals surface area (Å²) in [6, 6.07) is 3.91. The van der Waals surface area contributed by atoms with Crippen molar-refractivity contribution in [1.29, 1.82) is 0 Å². The molecular weight excluding hydrogens is 200 g/mol. The molecule has 0 aromatic carbocycles. The summed E-state index contributed by atoms with van der Waals surface area (Å²) < 4.78 is 1.86. The summed E-state index contributed by atoms with van der Waals surface area (Å²) in [7, 11) is 2.07. The maximum absolute atomic E-state index is 4.48. The minimum atomic E-state index is 0.972. The van der Waals surface area contributed by atoms with E-state index in [1.54, 1.807) is 6.20 Å². The molecule has 84 valence electrons. The van der Waals surface area contributed by atoms with Gasteiger partial charge in [0.2, 0.25) is 0 Å². The fraction of sp³-hybridized carbons (Fsp3) is 0.333. The minimum Gasteiger partial charge on any atom is -0.372 e. The Hall–Kier alpha value is -1.84. The molecule has 0 unspecified atom stereocenters. The molecule has 2 heterocycles. The largest absolute Gasteiger partial charge is 0.372 e.